The molecule has 2 aliphatic rings. The van der Waals surface area contributed by atoms with Crippen molar-refractivity contribution in [2.24, 2.45) is 5.92 Å². The average Bonchev–Trinajstić information content (AvgIpc) is 3.29. The van der Waals surface area contributed by atoms with Gasteiger partial charge in [-0.05, 0) is 49.7 Å². The minimum atomic E-state index is -0.214. The largest absolute Gasteiger partial charge is 0.302 e. The average molecular weight is 330 g/mol. The van der Waals surface area contributed by atoms with Gasteiger partial charge in [0, 0.05) is 10.8 Å². The van der Waals surface area contributed by atoms with E-state index >= 15 is 0 Å². The Balaban J connectivity index is 1.43. The highest BCUT2D eigenvalue weighted by Gasteiger charge is 2.45. The van der Waals surface area contributed by atoms with E-state index in [1.807, 2.05) is 6.07 Å². The number of amides is 1. The van der Waals surface area contributed by atoms with E-state index in [-0.39, 0.29) is 23.6 Å². The van der Waals surface area contributed by atoms with E-state index in [4.69, 9.17) is 0 Å². The number of carbonyl (C=O) groups excluding carboxylic acids is 1. The predicted octanol–water partition coefficient (Wildman–Crippen LogP) is 4.29. The highest BCUT2D eigenvalue weighted by molar-refractivity contribution is 7.15. The van der Waals surface area contributed by atoms with Crippen LogP contribution >= 0.6 is 11.3 Å². The molecule has 120 valence electrons. The first-order valence-electron chi connectivity index (χ1n) is 8.26. The number of benzene rings is 1. The van der Waals surface area contributed by atoms with Crippen LogP contribution in [0, 0.1) is 11.7 Å². The lowest BCUT2D eigenvalue weighted by atomic mass is 10.1. The quantitative estimate of drug-likeness (QED) is 0.853. The van der Waals surface area contributed by atoms with Crippen molar-refractivity contribution < 1.29 is 9.18 Å². The van der Waals surface area contributed by atoms with E-state index in [1.165, 1.54) is 30.2 Å². The Bertz CT molecular complexity index is 719. The van der Waals surface area contributed by atoms with Crippen LogP contribution in [0.4, 0.5) is 9.52 Å². The molecule has 0 bridgehead atoms. The SMILES string of the molecule is O=C(Nc1nc2c(s1)CCCCC2)C1CC1c1ccccc1F. The second-order valence-corrected chi connectivity index (χ2v) is 7.49. The van der Waals surface area contributed by atoms with E-state index in [0.29, 0.717) is 10.7 Å². The van der Waals surface area contributed by atoms with Gasteiger partial charge in [0.05, 0.1) is 5.69 Å². The van der Waals surface area contributed by atoms with Crippen LogP contribution in [0.5, 0.6) is 0 Å². The fraction of sp³-hybridized carbons (Fsp3) is 0.444. The van der Waals surface area contributed by atoms with Crippen molar-refractivity contribution in [3.8, 4) is 0 Å². The Kier molecular flexibility index (Phi) is 3.89. The summed E-state index contributed by atoms with van der Waals surface area (Å²) in [5, 5.41) is 3.66. The van der Waals surface area contributed by atoms with Crippen LogP contribution in [0.25, 0.3) is 0 Å². The standard InChI is InChI=1S/C18H19FN2OS/c19-14-7-5-4-6-11(14)12-10-13(12)17(22)21-18-20-15-8-2-1-3-9-16(15)23-18/h4-7,12-13H,1-3,8-10H2,(H,20,21,22). The highest BCUT2D eigenvalue weighted by atomic mass is 32.1. The predicted molar refractivity (Wildman–Crippen MR) is 89.3 cm³/mol. The lowest BCUT2D eigenvalue weighted by Gasteiger charge is -2.03. The molecule has 2 unspecified atom stereocenters. The van der Waals surface area contributed by atoms with Crippen LogP contribution in [0.1, 0.15) is 47.7 Å². The molecule has 3 nitrogen and oxygen atoms in total. The minimum Gasteiger partial charge on any atom is -0.302 e. The van der Waals surface area contributed by atoms with Gasteiger partial charge in [0.15, 0.2) is 5.13 Å². The fourth-order valence-corrected chi connectivity index (χ4v) is 4.44. The number of carbonyl (C=O) groups is 1. The smallest absolute Gasteiger partial charge is 0.229 e. The number of hydrogen-bond acceptors (Lipinski definition) is 3. The zero-order valence-electron chi connectivity index (χ0n) is 12.8. The number of anilines is 1. The lowest BCUT2D eigenvalue weighted by Crippen LogP contribution is -2.14. The molecule has 0 spiro atoms. The van der Waals surface area contributed by atoms with Gasteiger partial charge in [-0.1, -0.05) is 24.6 Å². The first-order valence-corrected chi connectivity index (χ1v) is 9.08. The molecule has 0 aliphatic heterocycles. The van der Waals surface area contributed by atoms with Gasteiger partial charge in [0.25, 0.3) is 0 Å². The maximum absolute atomic E-state index is 13.8. The molecule has 1 saturated carbocycles. The van der Waals surface area contributed by atoms with Crippen LogP contribution in [0.3, 0.4) is 0 Å². The molecule has 1 aromatic carbocycles. The maximum atomic E-state index is 13.8. The van der Waals surface area contributed by atoms with Crippen molar-refractivity contribution in [2.75, 3.05) is 5.32 Å². The Morgan fingerprint density at radius 3 is 2.91 bits per heavy atom. The third-order valence-electron chi connectivity index (χ3n) is 4.76. The van der Waals surface area contributed by atoms with E-state index in [9.17, 15) is 9.18 Å². The van der Waals surface area contributed by atoms with Crippen molar-refractivity contribution in [1.29, 1.82) is 0 Å². The zero-order chi connectivity index (χ0) is 15.8. The van der Waals surface area contributed by atoms with Crippen molar-refractivity contribution in [1.82, 2.24) is 4.98 Å². The molecule has 2 aromatic rings. The molecule has 1 amide bonds. The number of halogens is 1. The minimum absolute atomic E-state index is 0.00832. The monoisotopic (exact) mass is 330 g/mol. The second kappa shape index (κ2) is 6.04. The van der Waals surface area contributed by atoms with Crippen molar-refractivity contribution >= 4 is 22.4 Å². The lowest BCUT2D eigenvalue weighted by molar-refractivity contribution is -0.117. The summed E-state index contributed by atoms with van der Waals surface area (Å²) < 4.78 is 13.8. The first-order chi connectivity index (χ1) is 11.2. The summed E-state index contributed by atoms with van der Waals surface area (Å²) in [6.45, 7) is 0. The van der Waals surface area contributed by atoms with Crippen molar-refractivity contribution in [2.45, 2.75) is 44.4 Å². The molecular weight excluding hydrogens is 311 g/mol. The number of fused-ring (bicyclic) bond motifs is 1. The van der Waals surface area contributed by atoms with E-state index in [1.54, 1.807) is 23.5 Å². The third-order valence-corrected chi connectivity index (χ3v) is 5.83. The Hall–Kier alpha value is -1.75. The zero-order valence-corrected chi connectivity index (χ0v) is 13.7. The van der Waals surface area contributed by atoms with Crippen LogP contribution in [0.15, 0.2) is 24.3 Å². The highest BCUT2D eigenvalue weighted by Crippen LogP contribution is 2.48. The van der Waals surface area contributed by atoms with Crippen LogP contribution in [-0.2, 0) is 17.6 Å². The molecule has 1 aromatic heterocycles. The Morgan fingerprint density at radius 1 is 1.22 bits per heavy atom. The summed E-state index contributed by atoms with van der Waals surface area (Å²) >= 11 is 1.61. The Labute approximate surface area is 138 Å². The van der Waals surface area contributed by atoms with Gasteiger partial charge in [-0.15, -0.1) is 11.3 Å². The first kappa shape index (κ1) is 14.8. The Morgan fingerprint density at radius 2 is 2.04 bits per heavy atom. The van der Waals surface area contributed by atoms with E-state index in [0.717, 1.165) is 25.0 Å². The van der Waals surface area contributed by atoms with E-state index in [2.05, 4.69) is 10.3 Å². The summed E-state index contributed by atoms with van der Waals surface area (Å²) in [7, 11) is 0. The molecular formula is C18H19FN2OS. The van der Waals surface area contributed by atoms with Crippen LogP contribution < -0.4 is 5.32 Å². The number of aryl methyl sites for hydroxylation is 2. The molecule has 1 heterocycles. The summed E-state index contributed by atoms with van der Waals surface area (Å²) in [5.74, 6) is -0.361. The topological polar surface area (TPSA) is 42.0 Å². The molecule has 0 radical (unpaired) electrons. The summed E-state index contributed by atoms with van der Waals surface area (Å²) in [5.41, 5.74) is 1.81. The second-order valence-electron chi connectivity index (χ2n) is 6.41. The van der Waals surface area contributed by atoms with E-state index < -0.39 is 0 Å². The maximum Gasteiger partial charge on any atom is 0.229 e. The number of rotatable bonds is 3. The third kappa shape index (κ3) is 3.02. The number of nitrogens with one attached hydrogen (secondary N) is 1. The number of thiazole rings is 1. The number of nitrogens with zero attached hydrogens (tertiary/aromatic N) is 1. The molecule has 1 fully saturated rings. The molecule has 1 N–H and O–H groups in total. The van der Waals surface area contributed by atoms with Gasteiger partial charge in [0.2, 0.25) is 5.91 Å². The van der Waals surface area contributed by atoms with Crippen LogP contribution in [0.2, 0.25) is 0 Å². The van der Waals surface area contributed by atoms with Gasteiger partial charge in [-0.2, -0.15) is 0 Å². The number of hydrogen-bond donors (Lipinski definition) is 1. The summed E-state index contributed by atoms with van der Waals surface area (Å²) in [4.78, 5) is 18.3. The summed E-state index contributed by atoms with van der Waals surface area (Å²) in [6.07, 6.45) is 6.46. The van der Waals surface area contributed by atoms with Gasteiger partial charge in [-0.3, -0.25) is 4.79 Å². The number of aromatic nitrogens is 1. The van der Waals surface area contributed by atoms with Crippen molar-refractivity contribution in [3.63, 3.8) is 0 Å². The molecule has 2 aliphatic carbocycles. The molecule has 2 atom stereocenters. The fourth-order valence-electron chi connectivity index (χ4n) is 3.38. The molecule has 23 heavy (non-hydrogen) atoms. The molecule has 0 saturated heterocycles. The van der Waals surface area contributed by atoms with Crippen LogP contribution in [-0.4, -0.2) is 10.9 Å². The molecule has 5 heteroatoms. The van der Waals surface area contributed by atoms with Crippen molar-refractivity contribution in [3.05, 3.63) is 46.2 Å². The van der Waals surface area contributed by atoms with Gasteiger partial charge < -0.3 is 5.32 Å². The molecule has 4 rings (SSSR count). The normalized spacial score (nSPS) is 23.0. The summed E-state index contributed by atoms with van der Waals surface area (Å²) in [6, 6.07) is 6.74. The van der Waals surface area contributed by atoms with Gasteiger partial charge >= 0.3 is 0 Å². The van der Waals surface area contributed by atoms with Gasteiger partial charge in [0.1, 0.15) is 5.82 Å². The van der Waals surface area contributed by atoms with Gasteiger partial charge in [-0.25, -0.2) is 9.37 Å².